The lowest BCUT2D eigenvalue weighted by molar-refractivity contribution is 0.499. The Morgan fingerprint density at radius 2 is 0.960 bits per heavy atom. The van der Waals surface area contributed by atoms with Gasteiger partial charge in [-0.15, -0.1) is 0 Å². The van der Waals surface area contributed by atoms with E-state index in [4.69, 9.17) is 4.12 Å². The molecule has 136 valence electrons. The molecule has 3 heteroatoms. The summed E-state index contributed by atoms with van der Waals surface area (Å²) in [5, 5.41) is 0. The third-order valence-electron chi connectivity index (χ3n) is 5.67. The zero-order chi connectivity index (χ0) is 18.5. The van der Waals surface area contributed by atoms with Gasteiger partial charge in [0.25, 0.3) is 0 Å². The monoisotopic (exact) mass is 370 g/mol. The second-order valence-electron chi connectivity index (χ2n) is 8.49. The van der Waals surface area contributed by atoms with Crippen LogP contribution in [0.25, 0.3) is 0 Å². The van der Waals surface area contributed by atoms with Crippen molar-refractivity contribution in [1.82, 2.24) is 0 Å². The van der Waals surface area contributed by atoms with Crippen LogP contribution in [-0.4, -0.2) is 16.6 Å². The fourth-order valence-corrected chi connectivity index (χ4v) is 11.8. The molecule has 0 aromatic heterocycles. The van der Waals surface area contributed by atoms with Gasteiger partial charge in [0.05, 0.1) is 0 Å². The molecule has 25 heavy (non-hydrogen) atoms. The molecule has 0 N–H and O–H groups in total. The number of benzene rings is 2. The Morgan fingerprint density at radius 3 is 1.28 bits per heavy atom. The zero-order valence-electron chi connectivity index (χ0n) is 16.8. The van der Waals surface area contributed by atoms with E-state index in [1.807, 2.05) is 0 Å². The largest absolute Gasteiger partial charge is 0.455 e. The fourth-order valence-electron chi connectivity index (χ4n) is 3.31. The van der Waals surface area contributed by atoms with Gasteiger partial charge in [-0.3, -0.25) is 0 Å². The third kappa shape index (κ3) is 5.94. The molecular weight excluding hydrogens is 336 g/mol. The smallest absolute Gasteiger partial charge is 0.176 e. The molecule has 2 aromatic carbocycles. The van der Waals surface area contributed by atoms with Gasteiger partial charge in [0, 0.05) is 0 Å². The molecule has 2 aromatic rings. The van der Waals surface area contributed by atoms with Gasteiger partial charge in [-0.2, -0.15) is 0 Å². The molecule has 0 aliphatic heterocycles. The van der Waals surface area contributed by atoms with Crippen molar-refractivity contribution >= 4 is 16.6 Å². The van der Waals surface area contributed by atoms with Gasteiger partial charge in [-0.25, -0.2) is 0 Å². The molecule has 0 bridgehead atoms. The van der Waals surface area contributed by atoms with E-state index < -0.39 is 16.6 Å². The van der Waals surface area contributed by atoms with Crippen molar-refractivity contribution in [2.24, 2.45) is 0 Å². The van der Waals surface area contributed by atoms with Crippen LogP contribution >= 0.6 is 0 Å². The van der Waals surface area contributed by atoms with Gasteiger partial charge in [0.15, 0.2) is 16.6 Å². The molecule has 2 rings (SSSR count). The van der Waals surface area contributed by atoms with E-state index in [0.717, 1.165) is 12.8 Å². The minimum Gasteiger partial charge on any atom is -0.455 e. The van der Waals surface area contributed by atoms with E-state index in [9.17, 15) is 0 Å². The summed E-state index contributed by atoms with van der Waals surface area (Å²) >= 11 is 0. The van der Waals surface area contributed by atoms with Crippen molar-refractivity contribution in [3.05, 3.63) is 71.8 Å². The normalized spacial score (nSPS) is 15.0. The molecule has 0 aliphatic rings. The summed E-state index contributed by atoms with van der Waals surface area (Å²) in [6.07, 6.45) is 2.25. The zero-order valence-corrected chi connectivity index (χ0v) is 18.8. The van der Waals surface area contributed by atoms with Gasteiger partial charge in [-0.1, -0.05) is 74.5 Å². The van der Waals surface area contributed by atoms with E-state index in [0.29, 0.717) is 11.1 Å². The molecule has 0 saturated carbocycles. The Labute approximate surface area is 156 Å². The van der Waals surface area contributed by atoms with Crippen LogP contribution in [0.5, 0.6) is 0 Å². The minimum absolute atomic E-state index is 0.616. The van der Waals surface area contributed by atoms with Crippen LogP contribution in [0, 0.1) is 0 Å². The van der Waals surface area contributed by atoms with Crippen LogP contribution in [0.1, 0.15) is 25.0 Å². The van der Waals surface area contributed by atoms with Gasteiger partial charge >= 0.3 is 0 Å². The molecule has 0 aliphatic carbocycles. The molecule has 0 amide bonds. The van der Waals surface area contributed by atoms with Crippen LogP contribution in [0.15, 0.2) is 60.7 Å². The average molecular weight is 371 g/mol. The molecular formula is C22H34OSi2. The predicted molar refractivity (Wildman–Crippen MR) is 115 cm³/mol. The predicted octanol–water partition coefficient (Wildman–Crippen LogP) is 6.68. The maximum Gasteiger partial charge on any atom is 0.176 e. The van der Waals surface area contributed by atoms with Crippen molar-refractivity contribution < 1.29 is 4.12 Å². The summed E-state index contributed by atoms with van der Waals surface area (Å²) in [7, 11) is -3.49. The first-order valence-corrected chi connectivity index (χ1v) is 15.5. The van der Waals surface area contributed by atoms with E-state index in [-0.39, 0.29) is 0 Å². The lowest BCUT2D eigenvalue weighted by atomic mass is 10.1. The van der Waals surface area contributed by atoms with Crippen LogP contribution in [0.4, 0.5) is 0 Å². The van der Waals surface area contributed by atoms with Gasteiger partial charge in [-0.05, 0) is 61.2 Å². The first kappa shape index (κ1) is 20.1. The van der Waals surface area contributed by atoms with Gasteiger partial charge in [0.1, 0.15) is 0 Å². The minimum atomic E-state index is -1.74. The van der Waals surface area contributed by atoms with E-state index in [1.165, 1.54) is 11.1 Å². The van der Waals surface area contributed by atoms with Crippen molar-refractivity contribution in [1.29, 1.82) is 0 Å². The van der Waals surface area contributed by atoms with Crippen LogP contribution < -0.4 is 0 Å². The van der Waals surface area contributed by atoms with Crippen molar-refractivity contribution in [2.75, 3.05) is 0 Å². The van der Waals surface area contributed by atoms with E-state index >= 15 is 0 Å². The lowest BCUT2D eigenvalue weighted by Crippen LogP contribution is -2.49. The molecule has 0 radical (unpaired) electrons. The Balaban J connectivity index is 2.01. The number of hydrogen-bond donors (Lipinski definition) is 0. The van der Waals surface area contributed by atoms with Crippen molar-refractivity contribution in [3.63, 3.8) is 0 Å². The summed E-state index contributed by atoms with van der Waals surface area (Å²) in [4.78, 5) is 0. The molecule has 2 atom stereocenters. The average Bonchev–Trinajstić information content (AvgIpc) is 2.55. The maximum absolute atomic E-state index is 6.97. The highest BCUT2D eigenvalue weighted by atomic mass is 28.4. The summed E-state index contributed by atoms with van der Waals surface area (Å²) in [6.45, 7) is 14.4. The Morgan fingerprint density at radius 1 is 0.640 bits per heavy atom. The SMILES string of the molecule is CC(Cc1ccccc1)[Si](C)(C)O[Si](C)(C)C(C)Cc1ccccc1. The maximum atomic E-state index is 6.97. The van der Waals surface area contributed by atoms with E-state index in [1.54, 1.807) is 0 Å². The summed E-state index contributed by atoms with van der Waals surface area (Å²) in [5.41, 5.74) is 4.09. The third-order valence-corrected chi connectivity index (χ3v) is 15.0. The highest BCUT2D eigenvalue weighted by Gasteiger charge is 2.40. The van der Waals surface area contributed by atoms with E-state index in [2.05, 4.69) is 101 Å². The molecule has 0 fully saturated rings. The number of hydrogen-bond acceptors (Lipinski definition) is 1. The lowest BCUT2D eigenvalue weighted by Gasteiger charge is -2.41. The Kier molecular flexibility index (Phi) is 6.83. The topological polar surface area (TPSA) is 9.23 Å². The molecule has 0 spiro atoms. The highest BCUT2D eigenvalue weighted by molar-refractivity contribution is 6.86. The van der Waals surface area contributed by atoms with Crippen LogP contribution in [-0.2, 0) is 17.0 Å². The molecule has 2 unspecified atom stereocenters. The standard InChI is InChI=1S/C22H34OSi2/c1-19(17-21-13-9-7-10-14-21)24(3,4)23-25(5,6)20(2)18-22-15-11-8-12-16-22/h7-16,19-20H,17-18H2,1-6H3. The summed E-state index contributed by atoms with van der Waals surface area (Å²) < 4.78 is 6.97. The summed E-state index contributed by atoms with van der Waals surface area (Å²) in [6, 6.07) is 21.7. The molecule has 1 nitrogen and oxygen atoms in total. The quantitative estimate of drug-likeness (QED) is 0.471. The second kappa shape index (κ2) is 8.48. The van der Waals surface area contributed by atoms with Crippen LogP contribution in [0.3, 0.4) is 0 Å². The van der Waals surface area contributed by atoms with Crippen molar-refractivity contribution in [3.8, 4) is 0 Å². The molecule has 0 saturated heterocycles. The molecule has 0 heterocycles. The second-order valence-corrected chi connectivity index (χ2v) is 17.7. The first-order chi connectivity index (χ1) is 11.7. The Hall–Kier alpha value is -1.17. The van der Waals surface area contributed by atoms with Crippen molar-refractivity contribution in [2.45, 2.75) is 64.0 Å². The van der Waals surface area contributed by atoms with Gasteiger partial charge < -0.3 is 4.12 Å². The first-order valence-electron chi connectivity index (χ1n) is 9.49. The Bertz CT molecular complexity index is 580. The summed E-state index contributed by atoms with van der Waals surface area (Å²) in [5.74, 6) is 0. The highest BCUT2D eigenvalue weighted by Crippen LogP contribution is 2.35. The fraction of sp³-hybridized carbons (Fsp3) is 0.455. The van der Waals surface area contributed by atoms with Crippen LogP contribution in [0.2, 0.25) is 37.3 Å². The number of rotatable bonds is 8. The van der Waals surface area contributed by atoms with Gasteiger partial charge in [0.2, 0.25) is 0 Å².